The Labute approximate surface area is 68.6 Å². The van der Waals surface area contributed by atoms with Crippen molar-refractivity contribution < 1.29 is 20.4 Å². The summed E-state index contributed by atoms with van der Waals surface area (Å²) < 4.78 is 0. The smallest absolute Gasteiger partial charge is 0.179 e. The molecule has 5 nitrogen and oxygen atoms in total. The maximum atomic E-state index is 8.68. The van der Waals surface area contributed by atoms with Gasteiger partial charge in [0.15, 0.2) is 12.6 Å². The largest absolute Gasteiger partial charge is 0.364 e. The molecule has 1 aromatic rings. The first-order valence-electron chi connectivity index (χ1n) is 3.28. The molecule has 4 N–H and O–H groups in total. The quantitative estimate of drug-likeness (QED) is 0.430. The summed E-state index contributed by atoms with van der Waals surface area (Å²) in [4.78, 5) is 3.59. The first-order valence-corrected chi connectivity index (χ1v) is 3.28. The van der Waals surface area contributed by atoms with Crippen LogP contribution >= 0.6 is 0 Å². The summed E-state index contributed by atoms with van der Waals surface area (Å²) in [5.74, 6) is 0. The number of nitrogens with zero attached hydrogens (tertiary/aromatic N) is 1. The van der Waals surface area contributed by atoms with E-state index in [4.69, 9.17) is 20.4 Å². The highest BCUT2D eigenvalue weighted by Gasteiger charge is 2.07. The molecular formula is C7H9NO4. The van der Waals surface area contributed by atoms with Gasteiger partial charge in [0.1, 0.15) is 0 Å². The van der Waals surface area contributed by atoms with Crippen LogP contribution in [0.4, 0.5) is 0 Å². The standard InChI is InChI=1S/C7H9NO4/c9-6(10)4-1-5(7(11)12)3-8-2-4/h1-3,6-7,9-12H. The Morgan fingerprint density at radius 1 is 0.917 bits per heavy atom. The second kappa shape index (κ2) is 3.59. The van der Waals surface area contributed by atoms with Crippen LogP contribution in [0.25, 0.3) is 0 Å². The lowest BCUT2D eigenvalue weighted by molar-refractivity contribution is -0.0479. The molecule has 0 aromatic carbocycles. The number of aromatic nitrogens is 1. The molecule has 66 valence electrons. The van der Waals surface area contributed by atoms with E-state index in [1.54, 1.807) is 0 Å². The minimum atomic E-state index is -1.64. The van der Waals surface area contributed by atoms with Gasteiger partial charge in [-0.1, -0.05) is 0 Å². The van der Waals surface area contributed by atoms with Crippen LogP contribution in [0.1, 0.15) is 23.7 Å². The van der Waals surface area contributed by atoms with Crippen LogP contribution in [-0.2, 0) is 0 Å². The zero-order chi connectivity index (χ0) is 9.14. The molecule has 0 spiro atoms. The van der Waals surface area contributed by atoms with Gasteiger partial charge in [0.25, 0.3) is 0 Å². The Balaban J connectivity index is 2.96. The summed E-state index contributed by atoms with van der Waals surface area (Å²) in [6.45, 7) is 0. The molecule has 0 atom stereocenters. The number of hydrogen-bond donors (Lipinski definition) is 4. The second-order valence-electron chi connectivity index (χ2n) is 2.30. The van der Waals surface area contributed by atoms with Crippen molar-refractivity contribution in [2.75, 3.05) is 0 Å². The fraction of sp³-hybridized carbons (Fsp3) is 0.286. The van der Waals surface area contributed by atoms with E-state index in [0.717, 1.165) is 0 Å². The summed E-state index contributed by atoms with van der Waals surface area (Å²) in [7, 11) is 0. The van der Waals surface area contributed by atoms with Crippen LogP contribution in [0.5, 0.6) is 0 Å². The van der Waals surface area contributed by atoms with Gasteiger partial charge in [0.05, 0.1) is 0 Å². The Morgan fingerprint density at radius 2 is 1.33 bits per heavy atom. The molecule has 1 aromatic heterocycles. The molecule has 0 radical (unpaired) electrons. The van der Waals surface area contributed by atoms with Crippen molar-refractivity contribution in [1.82, 2.24) is 4.98 Å². The molecule has 0 bridgehead atoms. The van der Waals surface area contributed by atoms with Crippen molar-refractivity contribution in [1.29, 1.82) is 0 Å². The predicted octanol–water partition coefficient (Wildman–Crippen LogP) is -0.952. The van der Waals surface area contributed by atoms with E-state index in [0.29, 0.717) is 0 Å². The third-order valence-corrected chi connectivity index (χ3v) is 1.38. The third-order valence-electron chi connectivity index (χ3n) is 1.38. The normalized spacial score (nSPS) is 11.2. The van der Waals surface area contributed by atoms with Crippen LogP contribution < -0.4 is 0 Å². The van der Waals surface area contributed by atoms with Gasteiger partial charge in [0, 0.05) is 23.5 Å². The van der Waals surface area contributed by atoms with Gasteiger partial charge in [-0.3, -0.25) is 4.98 Å². The summed E-state index contributed by atoms with van der Waals surface area (Å²) >= 11 is 0. The number of hydrogen-bond acceptors (Lipinski definition) is 5. The van der Waals surface area contributed by atoms with Crippen LogP contribution in [0.15, 0.2) is 18.5 Å². The van der Waals surface area contributed by atoms with Crippen LogP contribution in [-0.4, -0.2) is 25.4 Å². The Hall–Kier alpha value is -1.01. The van der Waals surface area contributed by atoms with Gasteiger partial charge in [-0.25, -0.2) is 0 Å². The summed E-state index contributed by atoms with van der Waals surface area (Å²) in [5.41, 5.74) is 0.251. The van der Waals surface area contributed by atoms with Gasteiger partial charge >= 0.3 is 0 Å². The first kappa shape index (κ1) is 9.08. The molecule has 0 amide bonds. The van der Waals surface area contributed by atoms with Gasteiger partial charge in [-0.05, 0) is 6.07 Å². The lowest BCUT2D eigenvalue weighted by Gasteiger charge is -2.06. The van der Waals surface area contributed by atoms with Crippen molar-refractivity contribution in [3.05, 3.63) is 29.6 Å². The van der Waals surface area contributed by atoms with Gasteiger partial charge in [-0.2, -0.15) is 0 Å². The maximum Gasteiger partial charge on any atom is 0.179 e. The fourth-order valence-electron chi connectivity index (χ4n) is 0.759. The zero-order valence-corrected chi connectivity index (χ0v) is 6.12. The maximum absolute atomic E-state index is 8.68. The van der Waals surface area contributed by atoms with E-state index < -0.39 is 12.6 Å². The molecule has 0 aliphatic heterocycles. The second-order valence-corrected chi connectivity index (χ2v) is 2.30. The van der Waals surface area contributed by atoms with Crippen molar-refractivity contribution >= 4 is 0 Å². The van der Waals surface area contributed by atoms with E-state index in [9.17, 15) is 0 Å². The number of pyridine rings is 1. The van der Waals surface area contributed by atoms with Gasteiger partial charge in [0.2, 0.25) is 0 Å². The van der Waals surface area contributed by atoms with E-state index in [1.807, 2.05) is 0 Å². The molecule has 0 saturated carbocycles. The highest BCUT2D eigenvalue weighted by molar-refractivity contribution is 5.19. The molecule has 12 heavy (non-hydrogen) atoms. The minimum absolute atomic E-state index is 0.126. The Bertz CT molecular complexity index is 238. The van der Waals surface area contributed by atoms with Crippen molar-refractivity contribution in [2.24, 2.45) is 0 Å². The van der Waals surface area contributed by atoms with Crippen molar-refractivity contribution in [3.8, 4) is 0 Å². The molecule has 1 heterocycles. The number of aliphatic hydroxyl groups excluding tert-OH is 2. The minimum Gasteiger partial charge on any atom is -0.364 e. The average Bonchev–Trinajstić information content (AvgIpc) is 2.04. The Kier molecular flexibility index (Phi) is 2.72. The molecule has 5 heteroatoms. The number of aliphatic hydroxyl groups is 4. The monoisotopic (exact) mass is 171 g/mol. The molecule has 0 aliphatic rings. The van der Waals surface area contributed by atoms with Crippen LogP contribution in [0.3, 0.4) is 0 Å². The predicted molar refractivity (Wildman–Crippen MR) is 38.6 cm³/mol. The first-order chi connectivity index (χ1) is 5.61. The van der Waals surface area contributed by atoms with Crippen LogP contribution in [0, 0.1) is 0 Å². The summed E-state index contributed by atoms with van der Waals surface area (Å²) in [6.07, 6.45) is -0.819. The summed E-state index contributed by atoms with van der Waals surface area (Å²) in [5, 5.41) is 34.7. The lowest BCUT2D eigenvalue weighted by atomic mass is 10.2. The van der Waals surface area contributed by atoms with E-state index in [1.165, 1.54) is 18.5 Å². The fourth-order valence-corrected chi connectivity index (χ4v) is 0.759. The lowest BCUT2D eigenvalue weighted by Crippen LogP contribution is -2.01. The molecule has 0 aliphatic carbocycles. The highest BCUT2D eigenvalue weighted by atomic mass is 16.5. The Morgan fingerprint density at radius 3 is 1.67 bits per heavy atom. The van der Waals surface area contributed by atoms with E-state index in [-0.39, 0.29) is 11.1 Å². The molecule has 0 saturated heterocycles. The topological polar surface area (TPSA) is 93.8 Å². The van der Waals surface area contributed by atoms with Crippen LogP contribution in [0.2, 0.25) is 0 Å². The highest BCUT2D eigenvalue weighted by Crippen LogP contribution is 2.13. The van der Waals surface area contributed by atoms with E-state index >= 15 is 0 Å². The van der Waals surface area contributed by atoms with Crippen molar-refractivity contribution in [3.63, 3.8) is 0 Å². The average molecular weight is 171 g/mol. The molecule has 1 rings (SSSR count). The van der Waals surface area contributed by atoms with Gasteiger partial charge < -0.3 is 20.4 Å². The third kappa shape index (κ3) is 1.99. The van der Waals surface area contributed by atoms with E-state index in [2.05, 4.69) is 4.98 Å². The summed E-state index contributed by atoms with van der Waals surface area (Å²) in [6, 6.07) is 1.25. The molecular weight excluding hydrogens is 162 g/mol. The van der Waals surface area contributed by atoms with Gasteiger partial charge in [-0.15, -0.1) is 0 Å². The molecule has 0 unspecified atom stereocenters. The molecule has 0 fully saturated rings. The zero-order valence-electron chi connectivity index (χ0n) is 6.12. The van der Waals surface area contributed by atoms with Crippen molar-refractivity contribution in [2.45, 2.75) is 12.6 Å². The SMILES string of the molecule is OC(O)c1cncc(C(O)O)c1. The number of rotatable bonds is 2.